The summed E-state index contributed by atoms with van der Waals surface area (Å²) in [6, 6.07) is 0. The van der Waals surface area contributed by atoms with E-state index in [-0.39, 0.29) is 6.10 Å². The van der Waals surface area contributed by atoms with Gasteiger partial charge in [-0.15, -0.1) is 0 Å². The van der Waals surface area contributed by atoms with E-state index in [0.717, 1.165) is 19.5 Å². The Morgan fingerprint density at radius 1 is 0.560 bits per heavy atom. The van der Waals surface area contributed by atoms with Gasteiger partial charge in [-0.2, -0.15) is 0 Å². The van der Waals surface area contributed by atoms with Crippen LogP contribution in [0.2, 0.25) is 0 Å². The first kappa shape index (κ1) is 24.9. The van der Waals surface area contributed by atoms with Crippen molar-refractivity contribution in [3.63, 3.8) is 0 Å². The molecule has 0 radical (unpaired) electrons. The highest BCUT2D eigenvalue weighted by Crippen LogP contribution is 2.11. The zero-order valence-electron chi connectivity index (χ0n) is 17.7. The predicted octanol–water partition coefficient (Wildman–Crippen LogP) is 7.00. The van der Waals surface area contributed by atoms with Crippen molar-refractivity contribution in [3.05, 3.63) is 0 Å². The maximum atomic E-state index is 9.97. The van der Waals surface area contributed by atoms with Crippen LogP contribution in [0.1, 0.15) is 129 Å². The second-order valence-electron chi connectivity index (χ2n) is 7.95. The summed E-state index contributed by atoms with van der Waals surface area (Å²) in [4.78, 5) is 0. The lowest BCUT2D eigenvalue weighted by molar-refractivity contribution is 0.158. The molecule has 0 bridgehead atoms. The second-order valence-corrected chi connectivity index (χ2v) is 7.95. The van der Waals surface area contributed by atoms with E-state index in [2.05, 4.69) is 19.2 Å². The van der Waals surface area contributed by atoms with Crippen LogP contribution in [-0.2, 0) is 0 Å². The first-order valence-corrected chi connectivity index (χ1v) is 11.7. The third-order valence-corrected chi connectivity index (χ3v) is 5.23. The third kappa shape index (κ3) is 21.9. The van der Waals surface area contributed by atoms with Gasteiger partial charge in [0.1, 0.15) is 0 Å². The van der Waals surface area contributed by atoms with Gasteiger partial charge in [-0.05, 0) is 19.4 Å². The molecule has 0 aliphatic rings. The summed E-state index contributed by atoms with van der Waals surface area (Å²) < 4.78 is 0. The van der Waals surface area contributed by atoms with Crippen LogP contribution in [0.5, 0.6) is 0 Å². The number of unbranched alkanes of at least 4 members (excludes halogenated alkanes) is 15. The van der Waals surface area contributed by atoms with Crippen LogP contribution in [0.15, 0.2) is 0 Å². The van der Waals surface area contributed by atoms with E-state index in [1.54, 1.807) is 0 Å². The molecule has 1 unspecified atom stereocenters. The highest BCUT2D eigenvalue weighted by Gasteiger charge is 2.03. The van der Waals surface area contributed by atoms with Crippen molar-refractivity contribution in [1.29, 1.82) is 0 Å². The molecule has 152 valence electrons. The highest BCUT2D eigenvalue weighted by atomic mass is 16.3. The van der Waals surface area contributed by atoms with Crippen LogP contribution in [0.3, 0.4) is 0 Å². The predicted molar refractivity (Wildman–Crippen MR) is 113 cm³/mol. The first-order chi connectivity index (χ1) is 12.3. The molecule has 0 saturated heterocycles. The van der Waals surface area contributed by atoms with Gasteiger partial charge in [0, 0.05) is 6.54 Å². The summed E-state index contributed by atoms with van der Waals surface area (Å²) >= 11 is 0. The topological polar surface area (TPSA) is 32.3 Å². The summed E-state index contributed by atoms with van der Waals surface area (Å²) in [6.45, 7) is 6.40. The fraction of sp³-hybridized carbons (Fsp3) is 1.00. The van der Waals surface area contributed by atoms with Gasteiger partial charge in [0.25, 0.3) is 0 Å². The number of rotatable bonds is 21. The Kier molecular flexibility index (Phi) is 21.9. The number of hydrogen-bond acceptors (Lipinski definition) is 2. The average molecular weight is 356 g/mol. The van der Waals surface area contributed by atoms with E-state index < -0.39 is 0 Å². The van der Waals surface area contributed by atoms with E-state index in [1.807, 2.05) is 0 Å². The Bertz CT molecular complexity index is 232. The van der Waals surface area contributed by atoms with Crippen molar-refractivity contribution in [2.45, 2.75) is 136 Å². The molecule has 25 heavy (non-hydrogen) atoms. The van der Waals surface area contributed by atoms with E-state index >= 15 is 0 Å². The summed E-state index contributed by atoms with van der Waals surface area (Å²) in [5.74, 6) is 0. The van der Waals surface area contributed by atoms with Gasteiger partial charge in [0.05, 0.1) is 6.10 Å². The molecule has 0 amide bonds. The normalized spacial score (nSPS) is 12.6. The molecular formula is C23H49NO. The zero-order valence-corrected chi connectivity index (χ0v) is 17.7. The van der Waals surface area contributed by atoms with Gasteiger partial charge in [-0.25, -0.2) is 0 Å². The van der Waals surface area contributed by atoms with Gasteiger partial charge in [-0.3, -0.25) is 0 Å². The lowest BCUT2D eigenvalue weighted by Gasteiger charge is -2.11. The van der Waals surface area contributed by atoms with Gasteiger partial charge in [0.2, 0.25) is 0 Å². The summed E-state index contributed by atoms with van der Waals surface area (Å²) in [7, 11) is 0. The molecule has 0 aliphatic carbocycles. The molecule has 0 rings (SSSR count). The molecule has 0 heterocycles. The van der Waals surface area contributed by atoms with Crippen molar-refractivity contribution in [2.75, 3.05) is 13.1 Å². The Labute approximate surface area is 159 Å². The quantitative estimate of drug-likeness (QED) is 0.217. The zero-order chi connectivity index (χ0) is 18.4. The van der Waals surface area contributed by atoms with Crippen molar-refractivity contribution in [2.24, 2.45) is 0 Å². The maximum Gasteiger partial charge on any atom is 0.0664 e. The second kappa shape index (κ2) is 22.0. The van der Waals surface area contributed by atoms with E-state index in [4.69, 9.17) is 0 Å². The van der Waals surface area contributed by atoms with Crippen LogP contribution < -0.4 is 5.32 Å². The van der Waals surface area contributed by atoms with Crippen LogP contribution >= 0.6 is 0 Å². The lowest BCUT2D eigenvalue weighted by atomic mass is 10.1. The Hall–Kier alpha value is -0.0800. The molecule has 1 atom stereocenters. The molecule has 0 aromatic carbocycles. The average Bonchev–Trinajstić information content (AvgIpc) is 2.62. The Morgan fingerprint density at radius 2 is 0.960 bits per heavy atom. The van der Waals surface area contributed by atoms with Crippen molar-refractivity contribution in [1.82, 2.24) is 5.32 Å². The largest absolute Gasteiger partial charge is 0.392 e. The minimum Gasteiger partial charge on any atom is -0.392 e. The Balaban J connectivity index is 3.09. The van der Waals surface area contributed by atoms with Crippen molar-refractivity contribution >= 4 is 0 Å². The molecule has 0 aromatic heterocycles. The molecule has 2 heteroatoms. The molecule has 0 aromatic rings. The standard InChI is InChI=1S/C23H49NO/c1-3-5-7-9-11-12-13-14-15-17-19-21-24-22-23(25)20-18-16-10-8-6-4-2/h23-25H,3-22H2,1-2H3. The number of hydrogen-bond donors (Lipinski definition) is 2. The first-order valence-electron chi connectivity index (χ1n) is 11.7. The monoisotopic (exact) mass is 355 g/mol. The van der Waals surface area contributed by atoms with Gasteiger partial charge >= 0.3 is 0 Å². The van der Waals surface area contributed by atoms with Crippen LogP contribution in [-0.4, -0.2) is 24.3 Å². The molecular weight excluding hydrogens is 306 g/mol. The van der Waals surface area contributed by atoms with Crippen LogP contribution in [0, 0.1) is 0 Å². The van der Waals surface area contributed by atoms with Crippen molar-refractivity contribution < 1.29 is 5.11 Å². The number of nitrogens with one attached hydrogen (secondary N) is 1. The minimum absolute atomic E-state index is 0.140. The summed E-state index contributed by atoms with van der Waals surface area (Å²) in [5, 5.41) is 13.4. The van der Waals surface area contributed by atoms with Crippen LogP contribution in [0.4, 0.5) is 0 Å². The molecule has 0 saturated carbocycles. The lowest BCUT2D eigenvalue weighted by Crippen LogP contribution is -2.27. The van der Waals surface area contributed by atoms with E-state index in [9.17, 15) is 5.11 Å². The molecule has 2 N–H and O–H groups in total. The molecule has 0 spiro atoms. The summed E-state index contributed by atoms with van der Waals surface area (Å²) in [5.41, 5.74) is 0. The number of aliphatic hydroxyl groups is 1. The maximum absolute atomic E-state index is 9.97. The minimum atomic E-state index is -0.140. The molecule has 0 fully saturated rings. The van der Waals surface area contributed by atoms with Crippen molar-refractivity contribution in [3.8, 4) is 0 Å². The Morgan fingerprint density at radius 3 is 1.44 bits per heavy atom. The smallest absolute Gasteiger partial charge is 0.0664 e. The highest BCUT2D eigenvalue weighted by molar-refractivity contribution is 4.60. The fourth-order valence-electron chi connectivity index (χ4n) is 3.45. The van der Waals surface area contributed by atoms with Crippen LogP contribution in [0.25, 0.3) is 0 Å². The van der Waals surface area contributed by atoms with E-state index in [0.29, 0.717) is 0 Å². The van der Waals surface area contributed by atoms with Gasteiger partial charge < -0.3 is 10.4 Å². The number of aliphatic hydroxyl groups excluding tert-OH is 1. The molecule has 2 nitrogen and oxygen atoms in total. The third-order valence-electron chi connectivity index (χ3n) is 5.23. The fourth-order valence-corrected chi connectivity index (χ4v) is 3.45. The SMILES string of the molecule is CCCCCCCCCCCCCNCC(O)CCCCCCCC. The van der Waals surface area contributed by atoms with Gasteiger partial charge in [-0.1, -0.05) is 117 Å². The van der Waals surface area contributed by atoms with E-state index in [1.165, 1.54) is 109 Å². The molecule has 0 aliphatic heterocycles. The summed E-state index contributed by atoms with van der Waals surface area (Å²) in [6.07, 6.45) is 24.0. The van der Waals surface area contributed by atoms with Gasteiger partial charge in [0.15, 0.2) is 0 Å².